The summed E-state index contributed by atoms with van der Waals surface area (Å²) >= 11 is 0. The molecular weight excluding hydrogens is 396 g/mol. The van der Waals surface area contributed by atoms with Gasteiger partial charge in [-0.1, -0.05) is 60.7 Å². The summed E-state index contributed by atoms with van der Waals surface area (Å²) < 4.78 is 16.7. The monoisotopic (exact) mass is 426 g/mol. The molecule has 0 aliphatic carbocycles. The first kappa shape index (κ1) is 22.6. The molecule has 3 rings (SSSR count). The van der Waals surface area contributed by atoms with Crippen LogP contribution in [0.15, 0.2) is 60.7 Å². The Morgan fingerprint density at radius 3 is 1.55 bits per heavy atom. The van der Waals surface area contributed by atoms with Crippen LogP contribution >= 0.6 is 0 Å². The SMILES string of the molecule is CC1(CNC(=O)OCc2ccccc2)CCC(C)(CNC(=O)OCc2ccccc2)O1. The van der Waals surface area contributed by atoms with E-state index in [1.807, 2.05) is 74.5 Å². The van der Waals surface area contributed by atoms with Crippen LogP contribution < -0.4 is 10.6 Å². The fourth-order valence-electron chi connectivity index (χ4n) is 3.54. The van der Waals surface area contributed by atoms with Crippen molar-refractivity contribution in [3.63, 3.8) is 0 Å². The van der Waals surface area contributed by atoms with Crippen LogP contribution in [0.1, 0.15) is 37.8 Å². The summed E-state index contributed by atoms with van der Waals surface area (Å²) in [6.45, 7) is 4.99. The van der Waals surface area contributed by atoms with E-state index < -0.39 is 23.4 Å². The van der Waals surface area contributed by atoms with Gasteiger partial charge in [0, 0.05) is 13.1 Å². The summed E-state index contributed by atoms with van der Waals surface area (Å²) in [4.78, 5) is 24.0. The topological polar surface area (TPSA) is 85.9 Å². The molecule has 2 aromatic rings. The second-order valence-corrected chi connectivity index (χ2v) is 8.33. The normalized spacial score (nSPS) is 22.5. The van der Waals surface area contributed by atoms with Gasteiger partial charge < -0.3 is 24.8 Å². The van der Waals surface area contributed by atoms with Crippen LogP contribution in [0.3, 0.4) is 0 Å². The zero-order valence-corrected chi connectivity index (χ0v) is 18.1. The zero-order valence-electron chi connectivity index (χ0n) is 18.1. The van der Waals surface area contributed by atoms with Crippen molar-refractivity contribution in [3.8, 4) is 0 Å². The molecule has 0 radical (unpaired) electrons. The van der Waals surface area contributed by atoms with E-state index in [4.69, 9.17) is 14.2 Å². The van der Waals surface area contributed by atoms with Gasteiger partial charge in [-0.2, -0.15) is 0 Å². The Bertz CT molecular complexity index is 789. The number of carbonyl (C=O) groups excluding carboxylic acids is 2. The van der Waals surface area contributed by atoms with E-state index in [2.05, 4.69) is 10.6 Å². The van der Waals surface area contributed by atoms with E-state index in [0.29, 0.717) is 13.1 Å². The lowest BCUT2D eigenvalue weighted by Gasteiger charge is -2.30. The van der Waals surface area contributed by atoms with Crippen molar-refractivity contribution in [1.29, 1.82) is 0 Å². The second-order valence-electron chi connectivity index (χ2n) is 8.33. The quantitative estimate of drug-likeness (QED) is 0.662. The number of rotatable bonds is 8. The summed E-state index contributed by atoms with van der Waals surface area (Å²) in [7, 11) is 0. The molecule has 7 heteroatoms. The molecule has 2 atom stereocenters. The number of nitrogens with one attached hydrogen (secondary N) is 2. The summed E-state index contributed by atoms with van der Waals surface area (Å²) in [5.74, 6) is 0. The van der Waals surface area contributed by atoms with Gasteiger partial charge in [0.05, 0.1) is 11.2 Å². The smallest absolute Gasteiger partial charge is 0.407 e. The highest BCUT2D eigenvalue weighted by atomic mass is 16.6. The average Bonchev–Trinajstić information content (AvgIpc) is 3.10. The lowest BCUT2D eigenvalue weighted by atomic mass is 9.98. The number of hydrogen-bond donors (Lipinski definition) is 2. The van der Waals surface area contributed by atoms with E-state index in [1.165, 1.54) is 0 Å². The number of carbonyl (C=O) groups is 2. The lowest BCUT2D eigenvalue weighted by molar-refractivity contribution is -0.0811. The highest BCUT2D eigenvalue weighted by molar-refractivity contribution is 5.67. The molecule has 1 aliphatic heterocycles. The van der Waals surface area contributed by atoms with Crippen molar-refractivity contribution in [1.82, 2.24) is 10.6 Å². The maximum absolute atomic E-state index is 12.0. The van der Waals surface area contributed by atoms with Crippen LogP contribution in [0.25, 0.3) is 0 Å². The Balaban J connectivity index is 1.37. The van der Waals surface area contributed by atoms with Gasteiger partial charge in [-0.3, -0.25) is 0 Å². The largest absolute Gasteiger partial charge is 0.445 e. The Morgan fingerprint density at radius 2 is 1.16 bits per heavy atom. The van der Waals surface area contributed by atoms with Crippen molar-refractivity contribution >= 4 is 12.2 Å². The van der Waals surface area contributed by atoms with Crippen LogP contribution in [0, 0.1) is 0 Å². The molecule has 2 aromatic carbocycles. The third-order valence-corrected chi connectivity index (χ3v) is 5.31. The summed E-state index contributed by atoms with van der Waals surface area (Å²) in [6.07, 6.45) is 0.543. The number of hydrogen-bond acceptors (Lipinski definition) is 5. The first-order chi connectivity index (χ1) is 14.9. The van der Waals surface area contributed by atoms with Crippen molar-refractivity contribution in [2.75, 3.05) is 13.1 Å². The van der Waals surface area contributed by atoms with E-state index in [-0.39, 0.29) is 13.2 Å². The number of alkyl carbamates (subject to hydrolysis) is 2. The van der Waals surface area contributed by atoms with Gasteiger partial charge in [-0.15, -0.1) is 0 Å². The highest BCUT2D eigenvalue weighted by Gasteiger charge is 2.44. The standard InChI is InChI=1S/C24H30N2O5/c1-23(17-25-21(27)29-15-19-9-5-3-6-10-19)13-14-24(2,31-23)18-26-22(28)30-16-20-11-7-4-8-12-20/h3-12H,13-18H2,1-2H3,(H,25,27)(H,26,28). The van der Waals surface area contributed by atoms with Gasteiger partial charge in [0.1, 0.15) is 13.2 Å². The van der Waals surface area contributed by atoms with E-state index >= 15 is 0 Å². The highest BCUT2D eigenvalue weighted by Crippen LogP contribution is 2.37. The number of ether oxygens (including phenoxy) is 3. The molecule has 2 amide bonds. The molecule has 0 aromatic heterocycles. The van der Waals surface area contributed by atoms with Gasteiger partial charge in [0.2, 0.25) is 0 Å². The molecule has 2 N–H and O–H groups in total. The fourth-order valence-corrected chi connectivity index (χ4v) is 3.54. The number of benzene rings is 2. The lowest BCUT2D eigenvalue weighted by Crippen LogP contribution is -2.46. The van der Waals surface area contributed by atoms with Gasteiger partial charge in [0.15, 0.2) is 0 Å². The number of amides is 2. The summed E-state index contributed by atoms with van der Waals surface area (Å²) in [5, 5.41) is 5.56. The molecule has 31 heavy (non-hydrogen) atoms. The maximum Gasteiger partial charge on any atom is 0.407 e. The molecule has 0 bridgehead atoms. The third kappa shape index (κ3) is 7.29. The molecule has 0 spiro atoms. The van der Waals surface area contributed by atoms with Crippen LogP contribution in [0.4, 0.5) is 9.59 Å². The van der Waals surface area contributed by atoms with Crippen LogP contribution in [0.5, 0.6) is 0 Å². The fraction of sp³-hybridized carbons (Fsp3) is 0.417. The predicted octanol–water partition coefficient (Wildman–Crippen LogP) is 4.17. The van der Waals surface area contributed by atoms with E-state index in [0.717, 1.165) is 24.0 Å². The minimum absolute atomic E-state index is 0.219. The molecule has 1 heterocycles. The Labute approximate surface area is 183 Å². The second kappa shape index (κ2) is 10.3. The maximum atomic E-state index is 12.0. The first-order valence-electron chi connectivity index (χ1n) is 10.5. The van der Waals surface area contributed by atoms with E-state index in [9.17, 15) is 9.59 Å². The molecule has 1 saturated heterocycles. The molecule has 7 nitrogen and oxygen atoms in total. The molecule has 166 valence electrons. The van der Waals surface area contributed by atoms with Gasteiger partial charge in [0.25, 0.3) is 0 Å². The molecular formula is C24H30N2O5. The van der Waals surface area contributed by atoms with Gasteiger partial charge >= 0.3 is 12.2 Å². The third-order valence-electron chi connectivity index (χ3n) is 5.31. The van der Waals surface area contributed by atoms with Gasteiger partial charge in [-0.25, -0.2) is 9.59 Å². The molecule has 1 aliphatic rings. The minimum atomic E-state index is -0.532. The zero-order chi connectivity index (χ0) is 22.2. The van der Waals surface area contributed by atoms with Crippen LogP contribution in [-0.4, -0.2) is 36.5 Å². The molecule has 2 unspecified atom stereocenters. The Kier molecular flexibility index (Phi) is 7.52. The van der Waals surface area contributed by atoms with Crippen LogP contribution in [-0.2, 0) is 27.4 Å². The van der Waals surface area contributed by atoms with Crippen molar-refractivity contribution in [2.45, 2.75) is 51.1 Å². The summed E-state index contributed by atoms with van der Waals surface area (Å²) in [5.41, 5.74) is 0.796. The van der Waals surface area contributed by atoms with Crippen molar-refractivity contribution < 1.29 is 23.8 Å². The summed E-state index contributed by atoms with van der Waals surface area (Å²) in [6, 6.07) is 19.0. The minimum Gasteiger partial charge on any atom is -0.445 e. The van der Waals surface area contributed by atoms with E-state index in [1.54, 1.807) is 0 Å². The Hall–Kier alpha value is -3.06. The van der Waals surface area contributed by atoms with Gasteiger partial charge in [-0.05, 0) is 37.8 Å². The Morgan fingerprint density at radius 1 is 0.774 bits per heavy atom. The molecule has 0 saturated carbocycles. The van der Waals surface area contributed by atoms with Crippen molar-refractivity contribution in [3.05, 3.63) is 71.8 Å². The predicted molar refractivity (Wildman–Crippen MR) is 116 cm³/mol. The van der Waals surface area contributed by atoms with Crippen molar-refractivity contribution in [2.24, 2.45) is 0 Å². The first-order valence-corrected chi connectivity index (χ1v) is 10.5. The molecule has 1 fully saturated rings. The van der Waals surface area contributed by atoms with Crippen LogP contribution in [0.2, 0.25) is 0 Å². The average molecular weight is 427 g/mol.